The number of nitrogens with zero attached hydrogens (tertiary/aromatic N) is 3. The fourth-order valence-electron chi connectivity index (χ4n) is 4.12. The summed E-state index contributed by atoms with van der Waals surface area (Å²) in [4.78, 5) is 39.5. The van der Waals surface area contributed by atoms with Gasteiger partial charge in [-0.15, -0.1) is 11.3 Å². The van der Waals surface area contributed by atoms with Crippen LogP contribution in [0.25, 0.3) is 10.6 Å². The normalized spacial score (nSPS) is 18.4. The van der Waals surface area contributed by atoms with Gasteiger partial charge in [0.05, 0.1) is 5.69 Å². The standard InChI is InChI=1S/C21H20N4O2S/c26-19-10-14-5-8-25(12-16(14)11-23-19)21(27)15-1-2-18-17(9-15)24-20(28-18)13-3-6-22-7-4-13/h3-4,6-7,10-11,15H,1-2,5,8-9,12H2,(H,23,26). The molecule has 0 bridgehead atoms. The van der Waals surface area contributed by atoms with Crippen molar-refractivity contribution in [2.24, 2.45) is 5.92 Å². The number of aromatic amines is 1. The van der Waals surface area contributed by atoms with Crippen molar-refractivity contribution in [1.29, 1.82) is 0 Å². The molecule has 0 saturated carbocycles. The molecule has 1 aliphatic carbocycles. The number of carbonyl (C=O) groups excluding carboxylic acids is 1. The second-order valence-electron chi connectivity index (χ2n) is 7.42. The van der Waals surface area contributed by atoms with E-state index in [1.807, 2.05) is 17.0 Å². The Morgan fingerprint density at radius 3 is 2.93 bits per heavy atom. The quantitative estimate of drug-likeness (QED) is 0.727. The number of rotatable bonds is 2. The minimum Gasteiger partial charge on any atom is -0.338 e. The molecule has 0 spiro atoms. The van der Waals surface area contributed by atoms with Crippen LogP contribution in [0, 0.1) is 5.92 Å². The molecule has 6 nitrogen and oxygen atoms in total. The van der Waals surface area contributed by atoms with Gasteiger partial charge in [-0.3, -0.25) is 14.6 Å². The maximum atomic E-state index is 13.1. The zero-order chi connectivity index (χ0) is 19.1. The predicted octanol–water partition coefficient (Wildman–Crippen LogP) is 2.58. The lowest BCUT2D eigenvalue weighted by atomic mass is 9.89. The number of hydrogen-bond donors (Lipinski definition) is 1. The monoisotopic (exact) mass is 392 g/mol. The van der Waals surface area contributed by atoms with Crippen LogP contribution in [0.3, 0.4) is 0 Å². The van der Waals surface area contributed by atoms with Crippen molar-refractivity contribution in [3.63, 3.8) is 0 Å². The van der Waals surface area contributed by atoms with Gasteiger partial charge in [0.25, 0.3) is 0 Å². The summed E-state index contributed by atoms with van der Waals surface area (Å²) in [5.74, 6) is 0.199. The summed E-state index contributed by atoms with van der Waals surface area (Å²) in [5, 5.41) is 1.01. The first-order valence-corrected chi connectivity index (χ1v) is 10.4. The van der Waals surface area contributed by atoms with Gasteiger partial charge < -0.3 is 9.88 Å². The number of fused-ring (bicyclic) bond motifs is 2. The number of amides is 1. The van der Waals surface area contributed by atoms with Gasteiger partial charge >= 0.3 is 0 Å². The van der Waals surface area contributed by atoms with E-state index in [2.05, 4.69) is 9.97 Å². The van der Waals surface area contributed by atoms with Gasteiger partial charge in [-0.2, -0.15) is 0 Å². The smallest absolute Gasteiger partial charge is 0.248 e. The van der Waals surface area contributed by atoms with E-state index in [-0.39, 0.29) is 17.4 Å². The Labute approximate surface area is 166 Å². The van der Waals surface area contributed by atoms with E-state index in [1.165, 1.54) is 4.88 Å². The summed E-state index contributed by atoms with van der Waals surface area (Å²) >= 11 is 1.73. The first-order valence-electron chi connectivity index (χ1n) is 9.55. The van der Waals surface area contributed by atoms with Gasteiger partial charge in [-0.25, -0.2) is 4.98 Å². The summed E-state index contributed by atoms with van der Waals surface area (Å²) in [6, 6.07) is 5.60. The van der Waals surface area contributed by atoms with Crippen LogP contribution < -0.4 is 5.56 Å². The average Bonchev–Trinajstić information content (AvgIpc) is 3.17. The molecule has 0 radical (unpaired) electrons. The largest absolute Gasteiger partial charge is 0.338 e. The lowest BCUT2D eigenvalue weighted by Crippen LogP contribution is -2.41. The topological polar surface area (TPSA) is 79.0 Å². The SMILES string of the molecule is O=C(C1CCc2sc(-c3ccncc3)nc2C1)N1CCc2cc(=O)[nH]cc2C1. The van der Waals surface area contributed by atoms with Crippen LogP contribution in [0.5, 0.6) is 0 Å². The van der Waals surface area contributed by atoms with Crippen molar-refractivity contribution in [3.8, 4) is 10.6 Å². The predicted molar refractivity (Wildman–Crippen MR) is 107 cm³/mol. The number of aromatic nitrogens is 3. The lowest BCUT2D eigenvalue weighted by Gasteiger charge is -2.32. The minimum absolute atomic E-state index is 0.01000. The zero-order valence-electron chi connectivity index (χ0n) is 15.4. The van der Waals surface area contributed by atoms with E-state index >= 15 is 0 Å². The maximum Gasteiger partial charge on any atom is 0.248 e. The number of carbonyl (C=O) groups is 1. The Bertz CT molecular complexity index is 1090. The summed E-state index contributed by atoms with van der Waals surface area (Å²) in [6.45, 7) is 1.26. The van der Waals surface area contributed by atoms with Crippen LogP contribution in [0.2, 0.25) is 0 Å². The number of pyridine rings is 2. The fourth-order valence-corrected chi connectivity index (χ4v) is 5.23. The molecule has 0 saturated heterocycles. The van der Waals surface area contributed by atoms with Crippen molar-refractivity contribution in [3.05, 3.63) is 68.8 Å². The Hall–Kier alpha value is -2.80. The first-order chi connectivity index (χ1) is 13.7. The minimum atomic E-state index is -0.0770. The molecule has 7 heteroatoms. The van der Waals surface area contributed by atoms with Gasteiger partial charge in [0.1, 0.15) is 5.01 Å². The molecule has 2 aliphatic rings. The van der Waals surface area contributed by atoms with Crippen molar-refractivity contribution in [2.75, 3.05) is 6.54 Å². The zero-order valence-corrected chi connectivity index (χ0v) is 16.2. The van der Waals surface area contributed by atoms with Crippen LogP contribution in [0.4, 0.5) is 0 Å². The van der Waals surface area contributed by atoms with Crippen molar-refractivity contribution in [2.45, 2.75) is 32.2 Å². The fraction of sp³-hybridized carbons (Fsp3) is 0.333. The molecule has 3 aromatic rings. The van der Waals surface area contributed by atoms with E-state index in [9.17, 15) is 9.59 Å². The molecule has 28 heavy (non-hydrogen) atoms. The van der Waals surface area contributed by atoms with Crippen molar-refractivity contribution in [1.82, 2.24) is 19.9 Å². The molecule has 1 N–H and O–H groups in total. The Morgan fingerprint density at radius 1 is 1.21 bits per heavy atom. The van der Waals surface area contributed by atoms with E-state index in [0.29, 0.717) is 19.5 Å². The number of nitrogens with one attached hydrogen (secondary N) is 1. The number of aryl methyl sites for hydroxylation is 1. The summed E-state index contributed by atoms with van der Waals surface area (Å²) < 4.78 is 0. The molecule has 0 aromatic carbocycles. The Kier molecular flexibility index (Phi) is 4.31. The second-order valence-corrected chi connectivity index (χ2v) is 8.51. The van der Waals surface area contributed by atoms with Crippen LogP contribution in [0.1, 0.15) is 28.1 Å². The molecule has 1 amide bonds. The highest BCUT2D eigenvalue weighted by Gasteiger charge is 2.32. The summed E-state index contributed by atoms with van der Waals surface area (Å²) in [5.41, 5.74) is 4.18. The Balaban J connectivity index is 1.32. The average molecular weight is 392 g/mol. The molecule has 142 valence electrons. The van der Waals surface area contributed by atoms with E-state index in [1.54, 1.807) is 36.0 Å². The molecule has 1 aliphatic heterocycles. The number of H-pyrrole nitrogens is 1. The molecular weight excluding hydrogens is 372 g/mol. The third kappa shape index (κ3) is 3.16. The van der Waals surface area contributed by atoms with E-state index in [4.69, 9.17) is 4.98 Å². The van der Waals surface area contributed by atoms with Gasteiger partial charge in [0, 0.05) is 60.5 Å². The van der Waals surface area contributed by atoms with E-state index in [0.717, 1.165) is 46.7 Å². The summed E-state index contributed by atoms with van der Waals surface area (Å²) in [6.07, 6.45) is 8.55. The summed E-state index contributed by atoms with van der Waals surface area (Å²) in [7, 11) is 0. The number of hydrogen-bond acceptors (Lipinski definition) is 5. The highest BCUT2D eigenvalue weighted by molar-refractivity contribution is 7.15. The van der Waals surface area contributed by atoms with E-state index < -0.39 is 0 Å². The van der Waals surface area contributed by atoms with Gasteiger partial charge in [-0.1, -0.05) is 0 Å². The lowest BCUT2D eigenvalue weighted by molar-refractivity contribution is -0.136. The van der Waals surface area contributed by atoms with Gasteiger partial charge in [-0.05, 0) is 42.5 Å². The highest BCUT2D eigenvalue weighted by atomic mass is 32.1. The van der Waals surface area contributed by atoms with Crippen LogP contribution in [0.15, 0.2) is 41.6 Å². The van der Waals surface area contributed by atoms with Gasteiger partial charge in [0.2, 0.25) is 11.5 Å². The molecule has 0 fully saturated rings. The third-order valence-corrected chi connectivity index (χ3v) is 6.85. The maximum absolute atomic E-state index is 13.1. The molecule has 4 heterocycles. The first kappa shape index (κ1) is 17.3. The third-order valence-electron chi connectivity index (χ3n) is 5.64. The molecule has 3 aromatic heterocycles. The van der Waals surface area contributed by atoms with Crippen molar-refractivity contribution >= 4 is 17.2 Å². The molecule has 1 atom stereocenters. The molecular formula is C21H20N4O2S. The molecule has 5 rings (SSSR count). The van der Waals surface area contributed by atoms with Crippen LogP contribution in [-0.4, -0.2) is 32.3 Å². The number of thiazole rings is 1. The highest BCUT2D eigenvalue weighted by Crippen LogP contribution is 2.35. The van der Waals surface area contributed by atoms with Crippen LogP contribution in [-0.2, 0) is 30.6 Å². The molecule has 1 unspecified atom stereocenters. The van der Waals surface area contributed by atoms with Crippen molar-refractivity contribution < 1.29 is 4.79 Å². The second kappa shape index (κ2) is 6.98. The Morgan fingerprint density at radius 2 is 2.07 bits per heavy atom. The van der Waals surface area contributed by atoms with Gasteiger partial charge in [0.15, 0.2) is 0 Å². The van der Waals surface area contributed by atoms with Crippen LogP contribution >= 0.6 is 11.3 Å².